The summed E-state index contributed by atoms with van der Waals surface area (Å²) in [6.07, 6.45) is 15.9. The summed E-state index contributed by atoms with van der Waals surface area (Å²) in [5.74, 6) is 0. The molecule has 1 aromatic heterocycles. The zero-order valence-electron chi connectivity index (χ0n) is 10.7. The molecule has 0 saturated carbocycles. The van der Waals surface area contributed by atoms with Gasteiger partial charge in [0.25, 0.3) is 0 Å². The SMILES string of the molecule is [CH2]CCCCc1c[nH]cc1CCCCCC. The van der Waals surface area contributed by atoms with Crippen molar-refractivity contribution >= 4 is 0 Å². The summed E-state index contributed by atoms with van der Waals surface area (Å²) in [6, 6.07) is 0. The van der Waals surface area contributed by atoms with E-state index in [4.69, 9.17) is 0 Å². The van der Waals surface area contributed by atoms with Gasteiger partial charge in [0.1, 0.15) is 0 Å². The maximum absolute atomic E-state index is 3.89. The first-order valence-electron chi connectivity index (χ1n) is 6.82. The number of nitrogens with one attached hydrogen (secondary N) is 1. The molecule has 0 amide bonds. The number of rotatable bonds is 9. The van der Waals surface area contributed by atoms with Gasteiger partial charge in [0.2, 0.25) is 0 Å². The van der Waals surface area contributed by atoms with Gasteiger partial charge in [0, 0.05) is 12.4 Å². The van der Waals surface area contributed by atoms with Crippen LogP contribution in [0.15, 0.2) is 12.4 Å². The largest absolute Gasteiger partial charge is 0.367 e. The fourth-order valence-electron chi connectivity index (χ4n) is 2.13. The van der Waals surface area contributed by atoms with Gasteiger partial charge in [0.15, 0.2) is 0 Å². The quantitative estimate of drug-likeness (QED) is 0.581. The van der Waals surface area contributed by atoms with Crippen LogP contribution in [0.2, 0.25) is 0 Å². The Kier molecular flexibility index (Phi) is 7.03. The average molecular weight is 220 g/mol. The van der Waals surface area contributed by atoms with E-state index in [2.05, 4.69) is 31.2 Å². The summed E-state index contributed by atoms with van der Waals surface area (Å²) in [6.45, 7) is 6.15. The number of unbranched alkanes of at least 4 members (excludes halogenated alkanes) is 5. The number of aromatic amines is 1. The normalized spacial score (nSPS) is 10.9. The Hall–Kier alpha value is -0.720. The second-order valence-electron chi connectivity index (χ2n) is 4.63. The maximum atomic E-state index is 3.89. The lowest BCUT2D eigenvalue weighted by atomic mass is 10.0. The Morgan fingerprint density at radius 1 is 0.938 bits per heavy atom. The van der Waals surface area contributed by atoms with Gasteiger partial charge in [-0.05, 0) is 36.8 Å². The van der Waals surface area contributed by atoms with E-state index >= 15 is 0 Å². The molecule has 0 fully saturated rings. The molecule has 1 nitrogen and oxygen atoms in total. The molecular weight excluding hydrogens is 194 g/mol. The smallest absolute Gasteiger partial charge is 0.00401 e. The third-order valence-corrected chi connectivity index (χ3v) is 3.17. The van der Waals surface area contributed by atoms with Crippen LogP contribution in [0.5, 0.6) is 0 Å². The number of hydrogen-bond donors (Lipinski definition) is 1. The molecule has 0 spiro atoms. The van der Waals surface area contributed by atoms with Crippen LogP contribution < -0.4 is 0 Å². The Balaban J connectivity index is 2.26. The maximum Gasteiger partial charge on any atom is 0.00401 e. The Labute approximate surface area is 101 Å². The highest BCUT2D eigenvalue weighted by Crippen LogP contribution is 2.15. The first kappa shape index (κ1) is 13.3. The Morgan fingerprint density at radius 3 is 2.12 bits per heavy atom. The lowest BCUT2D eigenvalue weighted by molar-refractivity contribution is 0.662. The molecule has 1 aromatic rings. The summed E-state index contributed by atoms with van der Waals surface area (Å²) in [5.41, 5.74) is 3.07. The monoisotopic (exact) mass is 220 g/mol. The van der Waals surface area contributed by atoms with Crippen molar-refractivity contribution in [2.45, 2.75) is 64.7 Å². The molecule has 0 unspecified atom stereocenters. The minimum Gasteiger partial charge on any atom is -0.367 e. The first-order chi connectivity index (χ1) is 7.88. The van der Waals surface area contributed by atoms with Crippen molar-refractivity contribution in [1.82, 2.24) is 4.98 Å². The second-order valence-corrected chi connectivity index (χ2v) is 4.63. The van der Waals surface area contributed by atoms with E-state index in [1.54, 1.807) is 5.56 Å². The molecule has 0 saturated heterocycles. The summed E-state index contributed by atoms with van der Waals surface area (Å²) in [4.78, 5) is 3.25. The van der Waals surface area contributed by atoms with Crippen molar-refractivity contribution in [3.05, 3.63) is 30.4 Å². The van der Waals surface area contributed by atoms with Crippen molar-refractivity contribution < 1.29 is 0 Å². The third kappa shape index (κ3) is 4.87. The van der Waals surface area contributed by atoms with Crippen LogP contribution in [-0.4, -0.2) is 4.98 Å². The summed E-state index contributed by atoms with van der Waals surface area (Å²) in [5, 5.41) is 0. The summed E-state index contributed by atoms with van der Waals surface area (Å²) < 4.78 is 0. The van der Waals surface area contributed by atoms with Crippen LogP contribution in [0, 0.1) is 6.92 Å². The van der Waals surface area contributed by atoms with E-state index in [9.17, 15) is 0 Å². The fourth-order valence-corrected chi connectivity index (χ4v) is 2.13. The van der Waals surface area contributed by atoms with Gasteiger partial charge >= 0.3 is 0 Å². The van der Waals surface area contributed by atoms with E-state index in [1.807, 2.05) is 0 Å². The van der Waals surface area contributed by atoms with Crippen LogP contribution in [0.4, 0.5) is 0 Å². The van der Waals surface area contributed by atoms with Gasteiger partial charge in [0.05, 0.1) is 0 Å². The zero-order chi connectivity index (χ0) is 11.6. The molecule has 1 heteroatoms. The minimum atomic E-state index is 1.07. The minimum absolute atomic E-state index is 1.07. The predicted octanol–water partition coefficient (Wildman–Crippen LogP) is 4.68. The lowest BCUT2D eigenvalue weighted by Gasteiger charge is -2.03. The molecule has 16 heavy (non-hydrogen) atoms. The van der Waals surface area contributed by atoms with Crippen molar-refractivity contribution in [1.29, 1.82) is 0 Å². The van der Waals surface area contributed by atoms with E-state index < -0.39 is 0 Å². The van der Waals surface area contributed by atoms with Gasteiger partial charge in [-0.25, -0.2) is 0 Å². The van der Waals surface area contributed by atoms with Gasteiger partial charge in [-0.1, -0.05) is 46.0 Å². The second kappa shape index (κ2) is 8.43. The van der Waals surface area contributed by atoms with E-state index in [-0.39, 0.29) is 0 Å². The molecule has 91 valence electrons. The fraction of sp³-hybridized carbons (Fsp3) is 0.667. The molecule has 0 aromatic carbocycles. The summed E-state index contributed by atoms with van der Waals surface area (Å²) >= 11 is 0. The Morgan fingerprint density at radius 2 is 1.56 bits per heavy atom. The number of H-pyrrole nitrogens is 1. The van der Waals surface area contributed by atoms with Crippen LogP contribution in [0.3, 0.4) is 0 Å². The van der Waals surface area contributed by atoms with Gasteiger partial charge < -0.3 is 4.98 Å². The van der Waals surface area contributed by atoms with Gasteiger partial charge in [-0.2, -0.15) is 0 Å². The molecule has 0 aliphatic heterocycles. The molecule has 0 bridgehead atoms. The van der Waals surface area contributed by atoms with Crippen molar-refractivity contribution in [3.63, 3.8) is 0 Å². The molecule has 1 N–H and O–H groups in total. The summed E-state index contributed by atoms with van der Waals surface area (Å²) in [7, 11) is 0. The zero-order valence-corrected chi connectivity index (χ0v) is 10.7. The van der Waals surface area contributed by atoms with Gasteiger partial charge in [-0.15, -0.1) is 0 Å². The highest BCUT2D eigenvalue weighted by molar-refractivity contribution is 5.23. The lowest BCUT2D eigenvalue weighted by Crippen LogP contribution is -1.91. The molecule has 0 aliphatic rings. The highest BCUT2D eigenvalue weighted by atomic mass is 14.6. The molecular formula is C15H26N. The predicted molar refractivity (Wildman–Crippen MR) is 71.6 cm³/mol. The topological polar surface area (TPSA) is 15.8 Å². The standard InChI is InChI=1S/C15H26N/c1-3-5-7-9-11-15-13-16-12-14(15)10-8-6-4-2/h12-13,16H,2-11H2,1H3. The molecule has 1 rings (SSSR count). The van der Waals surface area contributed by atoms with Crippen LogP contribution in [0.25, 0.3) is 0 Å². The number of aromatic nitrogens is 1. The number of hydrogen-bond acceptors (Lipinski definition) is 0. The first-order valence-corrected chi connectivity index (χ1v) is 6.82. The van der Waals surface area contributed by atoms with Crippen LogP contribution in [0.1, 0.15) is 63.0 Å². The molecule has 0 aliphatic carbocycles. The van der Waals surface area contributed by atoms with Crippen molar-refractivity contribution in [3.8, 4) is 0 Å². The van der Waals surface area contributed by atoms with Crippen LogP contribution in [-0.2, 0) is 12.8 Å². The van der Waals surface area contributed by atoms with E-state index in [0.717, 1.165) is 6.42 Å². The third-order valence-electron chi connectivity index (χ3n) is 3.17. The molecule has 1 heterocycles. The number of aryl methyl sites for hydroxylation is 2. The van der Waals surface area contributed by atoms with E-state index in [1.165, 1.54) is 56.9 Å². The molecule has 1 radical (unpaired) electrons. The van der Waals surface area contributed by atoms with Crippen LogP contribution >= 0.6 is 0 Å². The highest BCUT2D eigenvalue weighted by Gasteiger charge is 2.02. The Bertz CT molecular complexity index is 262. The van der Waals surface area contributed by atoms with Crippen molar-refractivity contribution in [2.24, 2.45) is 0 Å². The molecule has 0 atom stereocenters. The average Bonchev–Trinajstić information content (AvgIpc) is 2.73. The van der Waals surface area contributed by atoms with Gasteiger partial charge in [-0.3, -0.25) is 0 Å². The van der Waals surface area contributed by atoms with E-state index in [0.29, 0.717) is 0 Å². The van der Waals surface area contributed by atoms with Crippen molar-refractivity contribution in [2.75, 3.05) is 0 Å².